The molecule has 0 N–H and O–H groups in total. The Morgan fingerprint density at radius 2 is 1.73 bits per heavy atom. The standard InChI is InChI=1S/C7H4F3O.3CH3.Sn/c8-7(9,10)11-6-4-2-1-3-5-6;;;;/h1-2,4-5H;3*1H3;. The Kier molecular flexibility index (Phi) is 3.58. The second-order valence-electron chi connectivity index (χ2n) is 4.33. The van der Waals surface area contributed by atoms with Gasteiger partial charge in [0.05, 0.1) is 0 Å². The summed E-state index contributed by atoms with van der Waals surface area (Å²) in [5.41, 5.74) is 0. The van der Waals surface area contributed by atoms with E-state index in [-0.39, 0.29) is 5.75 Å². The molecule has 1 aromatic rings. The molecule has 0 saturated heterocycles. The third-order valence-electron chi connectivity index (χ3n) is 1.93. The van der Waals surface area contributed by atoms with Crippen molar-refractivity contribution in [1.29, 1.82) is 0 Å². The summed E-state index contributed by atoms with van der Waals surface area (Å²) in [5.74, 6) is -0.119. The van der Waals surface area contributed by atoms with Gasteiger partial charge < -0.3 is 0 Å². The van der Waals surface area contributed by atoms with Crippen molar-refractivity contribution in [2.24, 2.45) is 0 Å². The molecule has 0 aliphatic rings. The first kappa shape index (κ1) is 12.7. The van der Waals surface area contributed by atoms with Crippen molar-refractivity contribution in [3.8, 4) is 5.75 Å². The summed E-state index contributed by atoms with van der Waals surface area (Å²) in [6.45, 7) is 0. The van der Waals surface area contributed by atoms with Gasteiger partial charge in [0.25, 0.3) is 0 Å². The first-order valence-corrected chi connectivity index (χ1v) is 14.5. The Labute approximate surface area is 91.1 Å². The van der Waals surface area contributed by atoms with Gasteiger partial charge in [-0.25, -0.2) is 0 Å². The second kappa shape index (κ2) is 4.23. The van der Waals surface area contributed by atoms with Crippen molar-refractivity contribution >= 4 is 22.0 Å². The summed E-state index contributed by atoms with van der Waals surface area (Å²) < 4.78 is 40.8. The molecule has 0 bridgehead atoms. The van der Waals surface area contributed by atoms with Gasteiger partial charge in [-0.3, -0.25) is 0 Å². The molecule has 0 fully saturated rings. The fraction of sp³-hybridized carbons (Fsp3) is 0.400. The number of alkyl halides is 3. The van der Waals surface area contributed by atoms with E-state index in [9.17, 15) is 13.2 Å². The van der Waals surface area contributed by atoms with E-state index in [1.165, 1.54) is 12.1 Å². The van der Waals surface area contributed by atoms with Crippen LogP contribution in [0.25, 0.3) is 0 Å². The molecular weight excluding hydrogens is 312 g/mol. The van der Waals surface area contributed by atoms with Crippen LogP contribution in [-0.4, -0.2) is 24.7 Å². The van der Waals surface area contributed by atoms with E-state index in [1.807, 2.05) is 6.07 Å². The third-order valence-corrected chi connectivity index (χ3v) is 7.76. The van der Waals surface area contributed by atoms with Crippen LogP contribution in [0.3, 0.4) is 0 Å². The molecule has 0 atom stereocenters. The Hall–Kier alpha value is -0.391. The maximum absolute atomic E-state index is 12.0. The van der Waals surface area contributed by atoms with Crippen molar-refractivity contribution in [3.05, 3.63) is 24.3 Å². The minimum absolute atomic E-state index is 0.119. The van der Waals surface area contributed by atoms with E-state index < -0.39 is 24.7 Å². The molecule has 1 nitrogen and oxygen atoms in total. The summed E-state index contributed by atoms with van der Waals surface area (Å²) in [5, 5.41) is 0. The van der Waals surface area contributed by atoms with Crippen LogP contribution >= 0.6 is 0 Å². The molecule has 1 rings (SSSR count). The number of halogens is 3. The predicted octanol–water partition coefficient (Wildman–Crippen LogP) is 3.13. The van der Waals surface area contributed by atoms with Crippen molar-refractivity contribution in [2.45, 2.75) is 21.2 Å². The molecule has 15 heavy (non-hydrogen) atoms. The monoisotopic (exact) mass is 326 g/mol. The summed E-state index contributed by atoms with van der Waals surface area (Å²) in [7, 11) is 0. The van der Waals surface area contributed by atoms with Crippen LogP contribution in [0.2, 0.25) is 14.8 Å². The van der Waals surface area contributed by atoms with Crippen LogP contribution in [0.15, 0.2) is 24.3 Å². The van der Waals surface area contributed by atoms with Gasteiger partial charge in [-0.1, -0.05) is 0 Å². The van der Waals surface area contributed by atoms with Crippen molar-refractivity contribution in [2.75, 3.05) is 0 Å². The zero-order chi connectivity index (χ0) is 11.7. The van der Waals surface area contributed by atoms with Crippen LogP contribution in [-0.2, 0) is 0 Å². The molecular formula is C10H13F3OSn. The van der Waals surface area contributed by atoms with Crippen LogP contribution in [0.1, 0.15) is 0 Å². The summed E-state index contributed by atoms with van der Waals surface area (Å²) in [6.07, 6.45) is -4.61. The molecule has 0 amide bonds. The van der Waals surface area contributed by atoms with Crippen molar-refractivity contribution in [1.82, 2.24) is 0 Å². The van der Waals surface area contributed by atoms with E-state index in [1.54, 1.807) is 6.07 Å². The zero-order valence-corrected chi connectivity index (χ0v) is 11.7. The number of rotatable bonds is 2. The van der Waals surface area contributed by atoms with Crippen molar-refractivity contribution in [3.63, 3.8) is 0 Å². The summed E-state index contributed by atoms with van der Waals surface area (Å²) in [4.78, 5) is 6.42. The van der Waals surface area contributed by atoms with Gasteiger partial charge in [-0.2, -0.15) is 0 Å². The van der Waals surface area contributed by atoms with E-state index >= 15 is 0 Å². The van der Waals surface area contributed by atoms with Crippen LogP contribution in [0, 0.1) is 0 Å². The molecule has 0 aliphatic carbocycles. The third kappa shape index (κ3) is 4.32. The van der Waals surface area contributed by atoms with E-state index in [0.29, 0.717) is 0 Å². The molecule has 5 heteroatoms. The predicted molar refractivity (Wildman–Crippen MR) is 56.1 cm³/mol. The van der Waals surface area contributed by atoms with Gasteiger partial charge in [0, 0.05) is 0 Å². The number of hydrogen-bond acceptors (Lipinski definition) is 1. The molecule has 0 unspecified atom stereocenters. The average Bonchev–Trinajstić information content (AvgIpc) is 1.99. The van der Waals surface area contributed by atoms with Gasteiger partial charge in [-0.05, 0) is 0 Å². The van der Waals surface area contributed by atoms with E-state index in [0.717, 1.165) is 3.58 Å². The number of hydrogen-bond donors (Lipinski definition) is 0. The molecule has 0 radical (unpaired) electrons. The minimum atomic E-state index is -4.61. The Morgan fingerprint density at radius 1 is 1.13 bits per heavy atom. The van der Waals surface area contributed by atoms with Gasteiger partial charge >= 0.3 is 91.1 Å². The SMILES string of the molecule is [CH3][Sn]([CH3])([CH3])[c]1cccc(OC(F)(F)F)c1. The first-order chi connectivity index (χ1) is 6.68. The Morgan fingerprint density at radius 3 is 2.20 bits per heavy atom. The quantitative estimate of drug-likeness (QED) is 0.759. The Bertz CT molecular complexity index is 341. The second-order valence-corrected chi connectivity index (χ2v) is 18.8. The summed E-state index contributed by atoms with van der Waals surface area (Å²) in [6, 6.07) is 6.32. The van der Waals surface area contributed by atoms with Crippen molar-refractivity contribution < 1.29 is 17.9 Å². The first-order valence-electron chi connectivity index (χ1n) is 4.55. The van der Waals surface area contributed by atoms with Gasteiger partial charge in [0.15, 0.2) is 0 Å². The topological polar surface area (TPSA) is 9.23 Å². The molecule has 1 aromatic carbocycles. The zero-order valence-electron chi connectivity index (χ0n) is 8.85. The normalized spacial score (nSPS) is 12.7. The molecule has 0 spiro atoms. The fourth-order valence-corrected chi connectivity index (χ4v) is 4.50. The fourth-order valence-electron chi connectivity index (χ4n) is 1.16. The molecule has 0 heterocycles. The Balaban J connectivity index is 2.94. The average molecular weight is 325 g/mol. The molecule has 0 aliphatic heterocycles. The van der Waals surface area contributed by atoms with Gasteiger partial charge in [-0.15, -0.1) is 0 Å². The number of ether oxygens (including phenoxy) is 1. The maximum atomic E-state index is 12.0. The van der Waals surface area contributed by atoms with Gasteiger partial charge in [0.1, 0.15) is 0 Å². The molecule has 0 saturated carbocycles. The van der Waals surface area contributed by atoms with E-state index in [2.05, 4.69) is 19.6 Å². The molecule has 0 aromatic heterocycles. The van der Waals surface area contributed by atoms with Crippen LogP contribution < -0.4 is 8.32 Å². The summed E-state index contributed by atoms with van der Waals surface area (Å²) >= 11 is -2.30. The number of benzene rings is 1. The van der Waals surface area contributed by atoms with E-state index in [4.69, 9.17) is 0 Å². The van der Waals surface area contributed by atoms with Crippen LogP contribution in [0.5, 0.6) is 5.75 Å². The van der Waals surface area contributed by atoms with Crippen LogP contribution in [0.4, 0.5) is 13.2 Å². The van der Waals surface area contributed by atoms with Gasteiger partial charge in [0.2, 0.25) is 0 Å². The molecule has 84 valence electrons.